The second kappa shape index (κ2) is 4.02. The van der Waals surface area contributed by atoms with Gasteiger partial charge in [0.15, 0.2) is 0 Å². The summed E-state index contributed by atoms with van der Waals surface area (Å²) in [5, 5.41) is 3.06. The topological polar surface area (TPSA) is 29.1 Å². The zero-order chi connectivity index (χ0) is 12.9. The first-order valence-electron chi connectivity index (χ1n) is 7.28. The fraction of sp³-hybridized carbons (Fsp3) is 0.812. The molecule has 2 heteroatoms. The second-order valence-electron chi connectivity index (χ2n) is 7.22. The average molecular weight is 245 g/mol. The van der Waals surface area contributed by atoms with Crippen molar-refractivity contribution in [3.05, 3.63) is 0 Å². The molecule has 0 spiro atoms. The van der Waals surface area contributed by atoms with Crippen LogP contribution in [0.1, 0.15) is 46.0 Å². The minimum atomic E-state index is -0.508. The number of carbonyl (C=O) groups excluding carboxylic acids is 1. The first-order chi connectivity index (χ1) is 8.48. The van der Waals surface area contributed by atoms with E-state index < -0.39 is 5.54 Å². The highest BCUT2D eigenvalue weighted by atomic mass is 16.2. The smallest absolute Gasteiger partial charge is 0.224 e. The summed E-state index contributed by atoms with van der Waals surface area (Å²) >= 11 is 0. The number of amides is 1. The molecule has 0 aromatic carbocycles. The Morgan fingerprint density at radius 2 is 1.61 bits per heavy atom. The first kappa shape index (κ1) is 12.1. The maximum absolute atomic E-state index is 12.5. The molecule has 4 aliphatic rings. The van der Waals surface area contributed by atoms with E-state index in [2.05, 4.69) is 11.2 Å². The van der Waals surface area contributed by atoms with Crippen molar-refractivity contribution < 1.29 is 4.79 Å². The lowest BCUT2D eigenvalue weighted by atomic mass is 9.51. The Hall–Kier alpha value is -0.970. The molecule has 4 fully saturated rings. The highest BCUT2D eigenvalue weighted by Crippen LogP contribution is 2.56. The van der Waals surface area contributed by atoms with Gasteiger partial charge in [0, 0.05) is 5.92 Å². The van der Waals surface area contributed by atoms with Crippen molar-refractivity contribution >= 4 is 5.91 Å². The van der Waals surface area contributed by atoms with E-state index in [1.807, 2.05) is 13.8 Å². The van der Waals surface area contributed by atoms with Gasteiger partial charge in [-0.2, -0.15) is 0 Å². The van der Waals surface area contributed by atoms with E-state index in [0.717, 1.165) is 11.8 Å². The molecule has 0 atom stereocenters. The highest BCUT2D eigenvalue weighted by Gasteiger charge is 2.51. The Kier molecular flexibility index (Phi) is 2.70. The third-order valence-corrected chi connectivity index (χ3v) is 5.33. The van der Waals surface area contributed by atoms with Crippen molar-refractivity contribution in [1.82, 2.24) is 5.32 Å². The van der Waals surface area contributed by atoms with E-state index in [1.165, 1.54) is 32.1 Å². The number of rotatable bonds is 2. The van der Waals surface area contributed by atoms with Crippen molar-refractivity contribution in [2.75, 3.05) is 0 Å². The van der Waals surface area contributed by atoms with Gasteiger partial charge in [-0.25, -0.2) is 0 Å². The third kappa shape index (κ3) is 1.94. The van der Waals surface area contributed by atoms with Crippen LogP contribution in [0.3, 0.4) is 0 Å². The van der Waals surface area contributed by atoms with Crippen LogP contribution in [0.5, 0.6) is 0 Å². The fourth-order valence-electron chi connectivity index (χ4n) is 4.78. The Morgan fingerprint density at radius 1 is 1.11 bits per heavy atom. The molecule has 0 unspecified atom stereocenters. The van der Waals surface area contributed by atoms with Crippen LogP contribution < -0.4 is 5.32 Å². The molecule has 0 aliphatic heterocycles. The lowest BCUT2D eigenvalue weighted by Crippen LogP contribution is -2.54. The minimum absolute atomic E-state index is 0.215. The number of terminal acetylenes is 1. The van der Waals surface area contributed by atoms with Gasteiger partial charge in [0.05, 0.1) is 5.54 Å². The molecule has 4 rings (SSSR count). The van der Waals surface area contributed by atoms with Gasteiger partial charge >= 0.3 is 0 Å². The predicted molar refractivity (Wildman–Crippen MR) is 71.6 cm³/mol. The van der Waals surface area contributed by atoms with Crippen LogP contribution in [0, 0.1) is 41.9 Å². The Bertz CT molecular complexity index is 376. The van der Waals surface area contributed by atoms with E-state index in [-0.39, 0.29) is 11.8 Å². The molecule has 4 saturated carbocycles. The SMILES string of the molecule is C#CC(C)(C)NC(=O)C1C2CC3CC(C2)CC1C3. The quantitative estimate of drug-likeness (QED) is 0.744. The van der Waals surface area contributed by atoms with Crippen LogP contribution in [0.25, 0.3) is 0 Å². The maximum Gasteiger partial charge on any atom is 0.224 e. The predicted octanol–water partition coefficient (Wildman–Crippen LogP) is 2.59. The van der Waals surface area contributed by atoms with Crippen LogP contribution >= 0.6 is 0 Å². The molecule has 1 N–H and O–H groups in total. The van der Waals surface area contributed by atoms with Crippen LogP contribution in [-0.4, -0.2) is 11.4 Å². The summed E-state index contributed by atoms with van der Waals surface area (Å²) in [7, 11) is 0. The molecular weight excluding hydrogens is 222 g/mol. The van der Waals surface area contributed by atoms with Gasteiger partial charge in [0.1, 0.15) is 0 Å². The van der Waals surface area contributed by atoms with Crippen LogP contribution in [0.15, 0.2) is 0 Å². The van der Waals surface area contributed by atoms with Gasteiger partial charge in [-0.15, -0.1) is 6.42 Å². The van der Waals surface area contributed by atoms with Crippen molar-refractivity contribution in [1.29, 1.82) is 0 Å². The van der Waals surface area contributed by atoms with Crippen LogP contribution in [0.4, 0.5) is 0 Å². The van der Waals surface area contributed by atoms with Crippen molar-refractivity contribution in [3.63, 3.8) is 0 Å². The standard InChI is InChI=1S/C16H23NO/c1-4-16(2,3)17-15(18)14-12-6-10-5-11(8-12)9-13(14)7-10/h1,10-14H,5-9H2,2-3H3,(H,17,18). The second-order valence-corrected chi connectivity index (χ2v) is 7.22. The van der Waals surface area contributed by atoms with Gasteiger partial charge in [0.2, 0.25) is 5.91 Å². The molecule has 2 nitrogen and oxygen atoms in total. The largest absolute Gasteiger partial charge is 0.340 e. The number of hydrogen-bond donors (Lipinski definition) is 1. The zero-order valence-electron chi connectivity index (χ0n) is 11.4. The summed E-state index contributed by atoms with van der Waals surface area (Å²) in [6.07, 6.45) is 12.0. The Labute approximate surface area is 110 Å². The van der Waals surface area contributed by atoms with Crippen molar-refractivity contribution in [3.8, 4) is 12.3 Å². The molecule has 98 valence electrons. The van der Waals surface area contributed by atoms with Gasteiger partial charge in [-0.1, -0.05) is 5.92 Å². The number of carbonyl (C=O) groups is 1. The van der Waals surface area contributed by atoms with Crippen LogP contribution in [0.2, 0.25) is 0 Å². The molecule has 0 aromatic rings. The first-order valence-corrected chi connectivity index (χ1v) is 7.28. The number of nitrogens with one attached hydrogen (secondary N) is 1. The molecule has 18 heavy (non-hydrogen) atoms. The summed E-state index contributed by atoms with van der Waals surface area (Å²) in [5.74, 6) is 6.21. The van der Waals surface area contributed by atoms with E-state index >= 15 is 0 Å². The molecule has 4 bridgehead atoms. The summed E-state index contributed by atoms with van der Waals surface area (Å²) in [4.78, 5) is 12.5. The van der Waals surface area contributed by atoms with E-state index in [1.54, 1.807) is 0 Å². The van der Waals surface area contributed by atoms with E-state index in [0.29, 0.717) is 11.8 Å². The van der Waals surface area contributed by atoms with Gasteiger partial charge in [0.25, 0.3) is 0 Å². The van der Waals surface area contributed by atoms with Gasteiger partial charge in [-0.05, 0) is 69.6 Å². The van der Waals surface area contributed by atoms with Crippen LogP contribution in [-0.2, 0) is 4.79 Å². The number of hydrogen-bond acceptors (Lipinski definition) is 1. The summed E-state index contributed by atoms with van der Waals surface area (Å²) < 4.78 is 0. The lowest BCUT2D eigenvalue weighted by molar-refractivity contribution is -0.139. The lowest BCUT2D eigenvalue weighted by Gasteiger charge is -2.53. The summed E-state index contributed by atoms with van der Waals surface area (Å²) in [5.41, 5.74) is -0.508. The van der Waals surface area contributed by atoms with Crippen molar-refractivity contribution in [2.24, 2.45) is 29.6 Å². The van der Waals surface area contributed by atoms with E-state index in [4.69, 9.17) is 6.42 Å². The molecule has 0 saturated heterocycles. The van der Waals surface area contributed by atoms with Gasteiger partial charge in [-0.3, -0.25) is 4.79 Å². The highest BCUT2D eigenvalue weighted by molar-refractivity contribution is 5.80. The molecule has 0 radical (unpaired) electrons. The monoisotopic (exact) mass is 245 g/mol. The summed E-state index contributed by atoms with van der Waals surface area (Å²) in [6.45, 7) is 3.81. The Morgan fingerprint density at radius 3 is 2.06 bits per heavy atom. The zero-order valence-corrected chi connectivity index (χ0v) is 11.4. The molecule has 1 amide bonds. The molecule has 4 aliphatic carbocycles. The maximum atomic E-state index is 12.5. The van der Waals surface area contributed by atoms with Crippen molar-refractivity contribution in [2.45, 2.75) is 51.5 Å². The molecule has 0 heterocycles. The average Bonchev–Trinajstić information content (AvgIpc) is 2.26. The fourth-order valence-corrected chi connectivity index (χ4v) is 4.78. The molecular formula is C16H23NO. The Balaban J connectivity index is 1.73. The molecule has 0 aromatic heterocycles. The normalized spacial score (nSPS) is 41.5. The van der Waals surface area contributed by atoms with E-state index in [9.17, 15) is 4.79 Å². The summed E-state index contributed by atoms with van der Waals surface area (Å²) in [6, 6.07) is 0. The third-order valence-electron chi connectivity index (χ3n) is 5.33. The minimum Gasteiger partial charge on any atom is -0.340 e. The van der Waals surface area contributed by atoms with Gasteiger partial charge < -0.3 is 5.32 Å².